The van der Waals surface area contributed by atoms with E-state index in [2.05, 4.69) is 11.4 Å². The smallest absolute Gasteiger partial charge is 0.219 e. The molecule has 1 N–H and O–H groups in total. The number of rotatable bonds is 5. The van der Waals surface area contributed by atoms with E-state index in [0.717, 1.165) is 16.1 Å². The van der Waals surface area contributed by atoms with E-state index in [1.807, 2.05) is 35.7 Å². The van der Waals surface area contributed by atoms with Crippen molar-refractivity contribution in [3.05, 3.63) is 51.7 Å². The van der Waals surface area contributed by atoms with Gasteiger partial charge in [0.05, 0.1) is 5.56 Å². The molecule has 0 bridgehead atoms. The summed E-state index contributed by atoms with van der Waals surface area (Å²) in [5.74, 6) is 0.0518. The minimum atomic E-state index is 0.0518. The van der Waals surface area contributed by atoms with Crippen LogP contribution in [0.5, 0.6) is 0 Å². The molecule has 4 nitrogen and oxygen atoms in total. The Hall–Kier alpha value is -2.32. The van der Waals surface area contributed by atoms with Gasteiger partial charge in [-0.25, -0.2) is 0 Å². The summed E-state index contributed by atoms with van der Waals surface area (Å²) in [6.45, 7) is 2.85. The zero-order valence-corrected chi connectivity index (χ0v) is 12.9. The lowest BCUT2D eigenvalue weighted by Crippen LogP contribution is -2.22. The Balaban J connectivity index is 1.97. The van der Waals surface area contributed by atoms with Crippen LogP contribution in [0, 0.1) is 11.3 Å². The molecule has 1 heterocycles. The summed E-state index contributed by atoms with van der Waals surface area (Å²) in [6.07, 6.45) is 0. The van der Waals surface area contributed by atoms with Crippen LogP contribution in [0.2, 0.25) is 0 Å². The van der Waals surface area contributed by atoms with Crippen molar-refractivity contribution in [3.63, 3.8) is 0 Å². The number of thiophene rings is 1. The lowest BCUT2D eigenvalue weighted by atomic mass is 10.2. The van der Waals surface area contributed by atoms with Gasteiger partial charge < -0.3 is 10.2 Å². The van der Waals surface area contributed by atoms with Crippen molar-refractivity contribution in [2.24, 2.45) is 0 Å². The van der Waals surface area contributed by atoms with Gasteiger partial charge in [-0.15, -0.1) is 11.3 Å². The quantitative estimate of drug-likeness (QED) is 0.922. The van der Waals surface area contributed by atoms with Gasteiger partial charge in [0.15, 0.2) is 0 Å². The third kappa shape index (κ3) is 4.33. The summed E-state index contributed by atoms with van der Waals surface area (Å²) < 4.78 is 0. The standard InChI is InChI=1S/C16H17N3OS/c1-12(20)19(2)10-13-4-3-5-15(6-13)18-9-16-7-14(8-17)11-21-16/h3-7,11,18H,9-10H2,1-2H3. The fraction of sp³-hybridized carbons (Fsp3) is 0.250. The van der Waals surface area contributed by atoms with Crippen molar-refractivity contribution >= 4 is 22.9 Å². The van der Waals surface area contributed by atoms with E-state index in [9.17, 15) is 4.79 Å². The molecular weight excluding hydrogens is 282 g/mol. The SMILES string of the molecule is CC(=O)N(C)Cc1cccc(NCc2cc(C#N)cs2)c1. The summed E-state index contributed by atoms with van der Waals surface area (Å²) in [5.41, 5.74) is 2.80. The summed E-state index contributed by atoms with van der Waals surface area (Å²) in [4.78, 5) is 14.1. The number of anilines is 1. The molecule has 1 aromatic carbocycles. The second-order valence-corrected chi connectivity index (χ2v) is 5.84. The maximum atomic E-state index is 11.3. The number of amides is 1. The summed E-state index contributed by atoms with van der Waals surface area (Å²) in [5, 5.41) is 14.0. The molecule has 0 radical (unpaired) electrons. The lowest BCUT2D eigenvalue weighted by molar-refractivity contribution is -0.128. The first-order valence-electron chi connectivity index (χ1n) is 6.60. The zero-order chi connectivity index (χ0) is 15.2. The molecule has 0 spiro atoms. The van der Waals surface area contributed by atoms with Gasteiger partial charge in [0.25, 0.3) is 0 Å². The number of nitrogens with one attached hydrogen (secondary N) is 1. The van der Waals surface area contributed by atoms with Crippen LogP contribution in [-0.2, 0) is 17.9 Å². The van der Waals surface area contributed by atoms with Crippen LogP contribution in [0.4, 0.5) is 5.69 Å². The van der Waals surface area contributed by atoms with Crippen LogP contribution in [0.1, 0.15) is 22.9 Å². The first-order chi connectivity index (χ1) is 10.1. The highest BCUT2D eigenvalue weighted by Gasteiger charge is 2.04. The molecule has 0 atom stereocenters. The largest absolute Gasteiger partial charge is 0.380 e. The van der Waals surface area contributed by atoms with Crippen molar-refractivity contribution < 1.29 is 4.79 Å². The maximum absolute atomic E-state index is 11.3. The van der Waals surface area contributed by atoms with E-state index in [1.54, 1.807) is 30.2 Å². The number of nitriles is 1. The van der Waals surface area contributed by atoms with Crippen LogP contribution >= 0.6 is 11.3 Å². The molecule has 2 aromatic rings. The predicted molar refractivity (Wildman–Crippen MR) is 85.0 cm³/mol. The minimum absolute atomic E-state index is 0.0518. The number of hydrogen-bond acceptors (Lipinski definition) is 4. The van der Waals surface area contributed by atoms with Gasteiger partial charge in [-0.3, -0.25) is 4.79 Å². The molecule has 108 valence electrons. The van der Waals surface area contributed by atoms with E-state index < -0.39 is 0 Å². The topological polar surface area (TPSA) is 56.1 Å². The molecule has 2 rings (SSSR count). The highest BCUT2D eigenvalue weighted by molar-refractivity contribution is 7.10. The minimum Gasteiger partial charge on any atom is -0.380 e. The van der Waals surface area contributed by atoms with Gasteiger partial charge in [0, 0.05) is 43.0 Å². The predicted octanol–water partition coefficient (Wildman–Crippen LogP) is 3.21. The third-order valence-corrected chi connectivity index (χ3v) is 4.07. The Kier molecular flexibility index (Phi) is 4.96. The highest BCUT2D eigenvalue weighted by atomic mass is 32.1. The van der Waals surface area contributed by atoms with E-state index in [-0.39, 0.29) is 5.91 Å². The molecule has 0 aliphatic heterocycles. The Morgan fingerprint density at radius 1 is 1.43 bits per heavy atom. The molecule has 0 fully saturated rings. The van der Waals surface area contributed by atoms with Crippen molar-refractivity contribution in [1.82, 2.24) is 4.90 Å². The molecule has 5 heteroatoms. The van der Waals surface area contributed by atoms with Gasteiger partial charge in [0.2, 0.25) is 5.91 Å². The van der Waals surface area contributed by atoms with Gasteiger partial charge in [0.1, 0.15) is 6.07 Å². The highest BCUT2D eigenvalue weighted by Crippen LogP contribution is 2.17. The van der Waals surface area contributed by atoms with Crippen molar-refractivity contribution in [3.8, 4) is 6.07 Å². The van der Waals surface area contributed by atoms with Gasteiger partial charge in [-0.1, -0.05) is 12.1 Å². The van der Waals surface area contributed by atoms with Crippen LogP contribution in [-0.4, -0.2) is 17.9 Å². The number of carbonyl (C=O) groups is 1. The first-order valence-corrected chi connectivity index (χ1v) is 7.48. The number of nitrogens with zero attached hydrogens (tertiary/aromatic N) is 2. The lowest BCUT2D eigenvalue weighted by Gasteiger charge is -2.15. The molecule has 0 aliphatic carbocycles. The van der Waals surface area contributed by atoms with E-state index in [1.165, 1.54) is 0 Å². The fourth-order valence-electron chi connectivity index (χ4n) is 1.89. The number of hydrogen-bond donors (Lipinski definition) is 1. The molecule has 21 heavy (non-hydrogen) atoms. The molecule has 0 saturated heterocycles. The van der Waals surface area contributed by atoms with Crippen LogP contribution in [0.15, 0.2) is 35.7 Å². The van der Waals surface area contributed by atoms with E-state index in [4.69, 9.17) is 5.26 Å². The van der Waals surface area contributed by atoms with E-state index >= 15 is 0 Å². The monoisotopic (exact) mass is 299 g/mol. The third-order valence-electron chi connectivity index (χ3n) is 3.13. The van der Waals surface area contributed by atoms with Crippen molar-refractivity contribution in [1.29, 1.82) is 5.26 Å². The van der Waals surface area contributed by atoms with Crippen molar-refractivity contribution in [2.75, 3.05) is 12.4 Å². The van der Waals surface area contributed by atoms with E-state index in [0.29, 0.717) is 18.7 Å². The molecule has 1 amide bonds. The summed E-state index contributed by atoms with van der Waals surface area (Å²) in [6, 6.07) is 12.0. The second-order valence-electron chi connectivity index (χ2n) is 4.84. The average Bonchev–Trinajstić information content (AvgIpc) is 2.93. The Morgan fingerprint density at radius 2 is 2.24 bits per heavy atom. The van der Waals surface area contributed by atoms with Crippen LogP contribution < -0.4 is 5.32 Å². The molecule has 1 aromatic heterocycles. The molecule has 0 aliphatic rings. The fourth-order valence-corrected chi connectivity index (χ4v) is 2.64. The van der Waals surface area contributed by atoms with Crippen molar-refractivity contribution in [2.45, 2.75) is 20.0 Å². The Labute approximate surface area is 128 Å². The molecule has 0 unspecified atom stereocenters. The molecular formula is C16H17N3OS. The van der Waals surface area contributed by atoms with Crippen LogP contribution in [0.25, 0.3) is 0 Å². The Morgan fingerprint density at radius 3 is 2.90 bits per heavy atom. The maximum Gasteiger partial charge on any atom is 0.219 e. The average molecular weight is 299 g/mol. The first kappa shape index (κ1) is 15.1. The molecule has 0 saturated carbocycles. The second kappa shape index (κ2) is 6.91. The number of carbonyl (C=O) groups excluding carboxylic acids is 1. The number of benzene rings is 1. The summed E-state index contributed by atoms with van der Waals surface area (Å²) in [7, 11) is 1.79. The zero-order valence-electron chi connectivity index (χ0n) is 12.1. The van der Waals surface area contributed by atoms with Crippen LogP contribution in [0.3, 0.4) is 0 Å². The Bertz CT molecular complexity index is 672. The normalized spacial score (nSPS) is 9.95. The summed E-state index contributed by atoms with van der Waals surface area (Å²) >= 11 is 1.57. The van der Waals surface area contributed by atoms with Gasteiger partial charge >= 0.3 is 0 Å². The van der Waals surface area contributed by atoms with Gasteiger partial charge in [-0.05, 0) is 23.8 Å². The van der Waals surface area contributed by atoms with Gasteiger partial charge in [-0.2, -0.15) is 5.26 Å².